The second-order valence-corrected chi connectivity index (χ2v) is 7.82. The molecule has 4 heteroatoms. The van der Waals surface area contributed by atoms with Crippen LogP contribution in [0.1, 0.15) is 20.8 Å². The summed E-state index contributed by atoms with van der Waals surface area (Å²) in [6.45, 7) is 6.99. The molecule has 2 N–H and O–H groups in total. The highest BCUT2D eigenvalue weighted by Crippen LogP contribution is 2.32. The summed E-state index contributed by atoms with van der Waals surface area (Å²) < 4.78 is 11.1. The van der Waals surface area contributed by atoms with Crippen molar-refractivity contribution in [2.75, 3.05) is 20.8 Å². The molecule has 1 atom stereocenters. The Morgan fingerprint density at radius 1 is 1.17 bits per heavy atom. The average molecular weight is 191 g/mol. The largest absolute Gasteiger partial charge is 0.397 e. The molecule has 0 aromatic carbocycles. The molecule has 0 spiro atoms. The quantitative estimate of drug-likeness (QED) is 0.669. The van der Waals surface area contributed by atoms with Gasteiger partial charge >= 0.3 is 8.56 Å². The molecule has 0 amide bonds. The molecule has 0 heterocycles. The molecule has 0 saturated heterocycles. The van der Waals surface area contributed by atoms with E-state index >= 15 is 0 Å². The van der Waals surface area contributed by atoms with E-state index in [1.807, 2.05) is 0 Å². The fraction of sp³-hybridized carbons (Fsp3) is 1.00. The van der Waals surface area contributed by atoms with Gasteiger partial charge in [-0.1, -0.05) is 20.8 Å². The van der Waals surface area contributed by atoms with E-state index in [9.17, 15) is 0 Å². The summed E-state index contributed by atoms with van der Waals surface area (Å²) in [5.74, 6) is 0. The first kappa shape index (κ1) is 12.1. The van der Waals surface area contributed by atoms with Gasteiger partial charge in [0.25, 0.3) is 0 Å². The first-order valence-electron chi connectivity index (χ1n) is 4.35. The molecule has 0 aliphatic carbocycles. The predicted molar refractivity (Wildman–Crippen MR) is 53.3 cm³/mol. The van der Waals surface area contributed by atoms with E-state index in [-0.39, 0.29) is 0 Å². The van der Waals surface area contributed by atoms with Crippen molar-refractivity contribution in [1.82, 2.24) is 0 Å². The van der Waals surface area contributed by atoms with E-state index in [4.69, 9.17) is 14.6 Å². The van der Waals surface area contributed by atoms with Crippen molar-refractivity contribution in [3.05, 3.63) is 0 Å². The van der Waals surface area contributed by atoms with Gasteiger partial charge in [-0.25, -0.2) is 0 Å². The molecule has 0 fully saturated rings. The maximum atomic E-state index is 5.62. The summed E-state index contributed by atoms with van der Waals surface area (Å²) >= 11 is 0. The van der Waals surface area contributed by atoms with Crippen LogP contribution >= 0.6 is 0 Å². The van der Waals surface area contributed by atoms with E-state index in [0.29, 0.717) is 17.6 Å². The Morgan fingerprint density at radius 3 is 1.67 bits per heavy atom. The van der Waals surface area contributed by atoms with Crippen LogP contribution in [0.25, 0.3) is 0 Å². The van der Waals surface area contributed by atoms with E-state index < -0.39 is 8.56 Å². The summed E-state index contributed by atoms with van der Waals surface area (Å²) in [5, 5.41) is 0. The molecule has 0 aliphatic rings. The van der Waals surface area contributed by atoms with Crippen LogP contribution in [0.4, 0.5) is 0 Å². The molecule has 0 saturated carbocycles. The third-order valence-electron chi connectivity index (χ3n) is 2.48. The van der Waals surface area contributed by atoms with Gasteiger partial charge in [0.15, 0.2) is 0 Å². The average Bonchev–Trinajstić information content (AvgIpc) is 2.06. The van der Waals surface area contributed by atoms with Gasteiger partial charge < -0.3 is 14.6 Å². The Hall–Kier alpha value is 0.0969. The summed E-state index contributed by atoms with van der Waals surface area (Å²) in [6.07, 6.45) is 0. The van der Waals surface area contributed by atoms with Gasteiger partial charge in [-0.3, -0.25) is 0 Å². The van der Waals surface area contributed by atoms with E-state index in [1.54, 1.807) is 14.2 Å². The molecule has 0 rings (SSSR count). The lowest BCUT2D eigenvalue weighted by molar-refractivity contribution is 0.221. The monoisotopic (exact) mass is 191 g/mol. The van der Waals surface area contributed by atoms with Crippen molar-refractivity contribution < 1.29 is 8.85 Å². The molecule has 74 valence electrons. The van der Waals surface area contributed by atoms with Gasteiger partial charge in [-0.2, -0.15) is 0 Å². The molecule has 0 aromatic rings. The van der Waals surface area contributed by atoms with Gasteiger partial charge in [-0.05, 0) is 12.1 Å². The van der Waals surface area contributed by atoms with Crippen LogP contribution in [0, 0.1) is 0 Å². The van der Waals surface area contributed by atoms with Crippen molar-refractivity contribution in [2.24, 2.45) is 5.73 Å². The highest BCUT2D eigenvalue weighted by atomic mass is 28.4. The maximum Gasteiger partial charge on any atom is 0.344 e. The fourth-order valence-corrected chi connectivity index (χ4v) is 5.07. The minimum absolute atomic E-state index is 0.340. The standard InChI is InChI=1S/C8H21NO2Si/c1-7(2)12(10-4,11-5)8(3)6-9/h7-8H,6,9H2,1-5H3. The highest BCUT2D eigenvalue weighted by Gasteiger charge is 2.44. The van der Waals surface area contributed by atoms with Crippen molar-refractivity contribution in [2.45, 2.75) is 31.9 Å². The van der Waals surface area contributed by atoms with Crippen LogP contribution in [0.2, 0.25) is 11.1 Å². The zero-order chi connectivity index (χ0) is 9.78. The van der Waals surface area contributed by atoms with Crippen LogP contribution in [-0.2, 0) is 8.85 Å². The van der Waals surface area contributed by atoms with Gasteiger partial charge in [0.05, 0.1) is 0 Å². The summed E-state index contributed by atoms with van der Waals surface area (Å²) in [7, 11) is 1.40. The Bertz CT molecular complexity index is 126. The molecule has 1 unspecified atom stereocenters. The molecular weight excluding hydrogens is 170 g/mol. The van der Waals surface area contributed by atoms with Crippen LogP contribution in [0.5, 0.6) is 0 Å². The van der Waals surface area contributed by atoms with Crippen molar-refractivity contribution in [1.29, 1.82) is 0 Å². The Morgan fingerprint density at radius 2 is 1.58 bits per heavy atom. The zero-order valence-corrected chi connectivity index (χ0v) is 9.76. The maximum absolute atomic E-state index is 5.62. The van der Waals surface area contributed by atoms with E-state index in [0.717, 1.165) is 0 Å². The lowest BCUT2D eigenvalue weighted by Gasteiger charge is -2.35. The highest BCUT2D eigenvalue weighted by molar-refractivity contribution is 6.70. The van der Waals surface area contributed by atoms with Crippen LogP contribution < -0.4 is 5.73 Å². The number of rotatable bonds is 5. The fourth-order valence-electron chi connectivity index (χ4n) is 1.69. The number of hydrogen-bond donors (Lipinski definition) is 1. The SMILES string of the molecule is CO[Si](OC)(C(C)C)C(C)CN. The third kappa shape index (κ3) is 2.07. The first-order valence-corrected chi connectivity index (χ1v) is 6.32. The first-order chi connectivity index (χ1) is 5.55. The molecule has 0 bridgehead atoms. The molecule has 0 radical (unpaired) electrons. The zero-order valence-electron chi connectivity index (χ0n) is 8.76. The van der Waals surface area contributed by atoms with E-state index in [2.05, 4.69) is 20.8 Å². The van der Waals surface area contributed by atoms with Crippen molar-refractivity contribution in [3.8, 4) is 0 Å². The van der Waals surface area contributed by atoms with Crippen molar-refractivity contribution in [3.63, 3.8) is 0 Å². The summed E-state index contributed by atoms with van der Waals surface area (Å²) in [6, 6.07) is 0. The van der Waals surface area contributed by atoms with Gasteiger partial charge in [0.2, 0.25) is 0 Å². The van der Waals surface area contributed by atoms with Crippen LogP contribution in [0.15, 0.2) is 0 Å². The third-order valence-corrected chi connectivity index (χ3v) is 6.98. The summed E-state index contributed by atoms with van der Waals surface area (Å²) in [5.41, 5.74) is 6.40. The minimum atomic E-state index is -2.05. The minimum Gasteiger partial charge on any atom is -0.397 e. The number of nitrogens with two attached hydrogens (primary N) is 1. The molecule has 12 heavy (non-hydrogen) atoms. The molecule has 0 aromatic heterocycles. The Kier molecular flexibility index (Phi) is 5.00. The lowest BCUT2D eigenvalue weighted by atomic mass is 10.5. The molecular formula is C8H21NO2Si. The smallest absolute Gasteiger partial charge is 0.344 e. The summed E-state index contributed by atoms with van der Waals surface area (Å²) in [4.78, 5) is 0. The van der Waals surface area contributed by atoms with Gasteiger partial charge in [0, 0.05) is 19.8 Å². The topological polar surface area (TPSA) is 44.5 Å². The number of hydrogen-bond acceptors (Lipinski definition) is 3. The normalized spacial score (nSPS) is 15.2. The van der Waals surface area contributed by atoms with Crippen LogP contribution in [0.3, 0.4) is 0 Å². The Balaban J connectivity index is 4.56. The second kappa shape index (κ2) is 4.96. The predicted octanol–water partition coefficient (Wildman–Crippen LogP) is 1.48. The lowest BCUT2D eigenvalue weighted by Crippen LogP contribution is -2.49. The second-order valence-electron chi connectivity index (χ2n) is 3.42. The van der Waals surface area contributed by atoms with Crippen LogP contribution in [-0.4, -0.2) is 29.3 Å². The molecule has 3 nitrogen and oxygen atoms in total. The Labute approximate surface area is 76.5 Å². The molecule has 0 aliphatic heterocycles. The van der Waals surface area contributed by atoms with Gasteiger partial charge in [-0.15, -0.1) is 0 Å². The van der Waals surface area contributed by atoms with Crippen molar-refractivity contribution >= 4 is 8.56 Å². The van der Waals surface area contributed by atoms with Gasteiger partial charge in [0.1, 0.15) is 0 Å². The van der Waals surface area contributed by atoms with E-state index in [1.165, 1.54) is 0 Å².